The predicted molar refractivity (Wildman–Crippen MR) is 50.3 cm³/mol. The molecule has 0 aliphatic heterocycles. The van der Waals surface area contributed by atoms with Crippen LogP contribution in [0.4, 0.5) is 0 Å². The van der Waals surface area contributed by atoms with Crippen LogP contribution in [-0.4, -0.2) is 36.2 Å². The smallest absolute Gasteiger partial charge is 0.316 e. The molecule has 2 atom stereocenters. The van der Waals surface area contributed by atoms with Gasteiger partial charge in [0.15, 0.2) is 0 Å². The molecule has 80 valence electrons. The van der Waals surface area contributed by atoms with Gasteiger partial charge in [0.1, 0.15) is 5.92 Å². The third-order valence-electron chi connectivity index (χ3n) is 2.01. The van der Waals surface area contributed by atoms with E-state index in [1.54, 1.807) is 6.92 Å². The molecule has 0 saturated carbocycles. The van der Waals surface area contributed by atoms with Gasteiger partial charge in [0.25, 0.3) is 5.91 Å². The van der Waals surface area contributed by atoms with Crippen LogP contribution in [-0.2, 0) is 14.4 Å². The van der Waals surface area contributed by atoms with Crippen molar-refractivity contribution in [1.29, 1.82) is 0 Å². The Bertz CT molecular complexity index is 239. The van der Waals surface area contributed by atoms with Gasteiger partial charge in [-0.2, -0.15) is 0 Å². The number of nitrogens with zero attached hydrogens (tertiary/aromatic N) is 1. The van der Waals surface area contributed by atoms with Crippen molar-refractivity contribution in [2.45, 2.75) is 6.92 Å². The molecule has 1 amide bonds. The van der Waals surface area contributed by atoms with Gasteiger partial charge in [-0.15, -0.1) is 6.58 Å². The predicted octanol–water partition coefficient (Wildman–Crippen LogP) is 0.529. The number of aliphatic carboxylic acids is 1. The molecule has 0 aliphatic rings. The molecule has 1 N–H and O–H groups in total. The van der Waals surface area contributed by atoms with Gasteiger partial charge in [0.2, 0.25) is 0 Å². The standard InChI is InChI=1S/C9H15NO4/c1-5-6(2)7(9(12)13)8(11)10(3)14-4/h5-7H,1H2,2-4H3,(H,12,13)/t6-,7-/m1/s1. The molecule has 0 spiro atoms. The highest BCUT2D eigenvalue weighted by molar-refractivity contribution is 5.96. The van der Waals surface area contributed by atoms with Gasteiger partial charge in [0, 0.05) is 7.05 Å². The molecule has 14 heavy (non-hydrogen) atoms. The molecule has 0 aromatic carbocycles. The van der Waals surface area contributed by atoms with Crippen molar-refractivity contribution >= 4 is 11.9 Å². The Kier molecular flexibility index (Phi) is 4.86. The summed E-state index contributed by atoms with van der Waals surface area (Å²) in [5.41, 5.74) is 0. The van der Waals surface area contributed by atoms with Crippen LogP contribution >= 0.6 is 0 Å². The Morgan fingerprint density at radius 1 is 1.57 bits per heavy atom. The van der Waals surface area contributed by atoms with E-state index in [4.69, 9.17) is 5.11 Å². The minimum absolute atomic E-state index is 0.433. The first kappa shape index (κ1) is 12.6. The third-order valence-corrected chi connectivity index (χ3v) is 2.01. The molecule has 0 radical (unpaired) electrons. The molecule has 0 saturated heterocycles. The molecule has 0 fully saturated rings. The molecule has 0 aromatic heterocycles. The summed E-state index contributed by atoms with van der Waals surface area (Å²) < 4.78 is 0. The molecular weight excluding hydrogens is 186 g/mol. The van der Waals surface area contributed by atoms with Crippen molar-refractivity contribution in [1.82, 2.24) is 5.06 Å². The van der Waals surface area contributed by atoms with E-state index in [-0.39, 0.29) is 0 Å². The summed E-state index contributed by atoms with van der Waals surface area (Å²) in [5, 5.41) is 9.74. The zero-order valence-electron chi connectivity index (χ0n) is 8.56. The monoisotopic (exact) mass is 201 g/mol. The minimum atomic E-state index is -1.17. The van der Waals surface area contributed by atoms with Crippen molar-refractivity contribution in [2.75, 3.05) is 14.2 Å². The Hall–Kier alpha value is -1.36. The van der Waals surface area contributed by atoms with Crippen LogP contribution in [0.1, 0.15) is 6.92 Å². The van der Waals surface area contributed by atoms with Crippen LogP contribution in [0, 0.1) is 11.8 Å². The highest BCUT2D eigenvalue weighted by Gasteiger charge is 2.33. The quantitative estimate of drug-likeness (QED) is 0.400. The van der Waals surface area contributed by atoms with Crippen molar-refractivity contribution in [3.05, 3.63) is 12.7 Å². The molecule has 5 heteroatoms. The number of hydrogen-bond acceptors (Lipinski definition) is 3. The van der Waals surface area contributed by atoms with Gasteiger partial charge >= 0.3 is 5.97 Å². The first-order chi connectivity index (χ1) is 6.45. The number of carbonyl (C=O) groups is 2. The van der Waals surface area contributed by atoms with Crippen molar-refractivity contribution in [3.63, 3.8) is 0 Å². The summed E-state index contributed by atoms with van der Waals surface area (Å²) in [4.78, 5) is 26.9. The number of amides is 1. The fourth-order valence-electron chi connectivity index (χ4n) is 0.977. The molecule has 0 heterocycles. The summed E-state index contributed by atoms with van der Waals surface area (Å²) in [6, 6.07) is 0. The molecule has 5 nitrogen and oxygen atoms in total. The van der Waals surface area contributed by atoms with Crippen LogP contribution in [0.15, 0.2) is 12.7 Å². The number of carboxylic acids is 1. The Morgan fingerprint density at radius 3 is 2.36 bits per heavy atom. The van der Waals surface area contributed by atoms with Gasteiger partial charge in [-0.3, -0.25) is 14.4 Å². The summed E-state index contributed by atoms with van der Waals surface area (Å²) in [5.74, 6) is -3.34. The number of carbonyl (C=O) groups excluding carboxylic acids is 1. The van der Waals surface area contributed by atoms with Crippen molar-refractivity contribution in [3.8, 4) is 0 Å². The molecule has 0 bridgehead atoms. The van der Waals surface area contributed by atoms with E-state index in [0.29, 0.717) is 0 Å². The molecule has 0 rings (SSSR count). The average Bonchev–Trinajstić information content (AvgIpc) is 2.15. The normalized spacial score (nSPS) is 14.2. The fraction of sp³-hybridized carbons (Fsp3) is 0.556. The zero-order chi connectivity index (χ0) is 11.3. The van der Waals surface area contributed by atoms with Crippen LogP contribution in [0.25, 0.3) is 0 Å². The van der Waals surface area contributed by atoms with Gasteiger partial charge in [-0.05, 0) is 5.92 Å². The largest absolute Gasteiger partial charge is 0.481 e. The molecule has 0 unspecified atom stereocenters. The summed E-state index contributed by atoms with van der Waals surface area (Å²) in [6.45, 7) is 5.07. The van der Waals surface area contributed by atoms with E-state index in [0.717, 1.165) is 5.06 Å². The first-order valence-corrected chi connectivity index (χ1v) is 4.12. The minimum Gasteiger partial charge on any atom is -0.481 e. The highest BCUT2D eigenvalue weighted by atomic mass is 16.7. The highest BCUT2D eigenvalue weighted by Crippen LogP contribution is 2.15. The van der Waals surface area contributed by atoms with E-state index >= 15 is 0 Å². The van der Waals surface area contributed by atoms with E-state index in [1.807, 2.05) is 0 Å². The van der Waals surface area contributed by atoms with Crippen LogP contribution in [0.5, 0.6) is 0 Å². The van der Waals surface area contributed by atoms with Crippen LogP contribution in [0.2, 0.25) is 0 Å². The van der Waals surface area contributed by atoms with E-state index < -0.39 is 23.7 Å². The van der Waals surface area contributed by atoms with Crippen LogP contribution in [0.3, 0.4) is 0 Å². The maximum atomic E-state index is 11.5. The number of allylic oxidation sites excluding steroid dienone is 1. The van der Waals surface area contributed by atoms with Crippen molar-refractivity contribution < 1.29 is 19.5 Å². The topological polar surface area (TPSA) is 66.8 Å². The number of hydroxylamine groups is 2. The summed E-state index contributed by atoms with van der Waals surface area (Å²) in [7, 11) is 2.67. The first-order valence-electron chi connectivity index (χ1n) is 4.12. The van der Waals surface area contributed by atoms with Gasteiger partial charge in [-0.1, -0.05) is 13.0 Å². The van der Waals surface area contributed by atoms with Gasteiger partial charge in [-0.25, -0.2) is 5.06 Å². The second-order valence-electron chi connectivity index (χ2n) is 2.93. The number of carboxylic acid groups (broad SMARTS) is 1. The molecular formula is C9H15NO4. The lowest BCUT2D eigenvalue weighted by atomic mass is 9.93. The van der Waals surface area contributed by atoms with E-state index in [9.17, 15) is 9.59 Å². The maximum Gasteiger partial charge on any atom is 0.316 e. The summed E-state index contributed by atoms with van der Waals surface area (Å²) in [6.07, 6.45) is 1.43. The van der Waals surface area contributed by atoms with E-state index in [1.165, 1.54) is 20.2 Å². The SMILES string of the molecule is C=C[C@@H](C)[C@@H](C(=O)O)C(=O)N(C)OC. The second kappa shape index (κ2) is 5.39. The summed E-state index contributed by atoms with van der Waals surface area (Å²) >= 11 is 0. The zero-order valence-corrected chi connectivity index (χ0v) is 8.56. The Labute approximate surface area is 82.9 Å². The fourth-order valence-corrected chi connectivity index (χ4v) is 0.977. The van der Waals surface area contributed by atoms with Gasteiger partial charge in [0.05, 0.1) is 7.11 Å². The lowest BCUT2D eigenvalue weighted by molar-refractivity contribution is -0.179. The molecule has 0 aromatic rings. The second-order valence-corrected chi connectivity index (χ2v) is 2.93. The number of hydrogen-bond donors (Lipinski definition) is 1. The third kappa shape index (κ3) is 2.85. The van der Waals surface area contributed by atoms with E-state index in [2.05, 4.69) is 11.4 Å². The number of rotatable bonds is 5. The van der Waals surface area contributed by atoms with Crippen LogP contribution < -0.4 is 0 Å². The average molecular weight is 201 g/mol. The molecule has 0 aliphatic carbocycles. The lowest BCUT2D eigenvalue weighted by Crippen LogP contribution is -2.39. The Morgan fingerprint density at radius 2 is 2.07 bits per heavy atom. The van der Waals surface area contributed by atoms with Crippen molar-refractivity contribution in [2.24, 2.45) is 11.8 Å². The van der Waals surface area contributed by atoms with Gasteiger partial charge < -0.3 is 5.11 Å². The lowest BCUT2D eigenvalue weighted by Gasteiger charge is -2.21. The Balaban J connectivity index is 4.74. The maximum absolute atomic E-state index is 11.5.